The summed E-state index contributed by atoms with van der Waals surface area (Å²) in [4.78, 5) is 22.0. The molecule has 5 nitrogen and oxygen atoms in total. The van der Waals surface area contributed by atoms with E-state index in [0.29, 0.717) is 0 Å². The van der Waals surface area contributed by atoms with Crippen LogP contribution >= 0.6 is 0 Å². The average Bonchev–Trinajstić information content (AvgIpc) is 2.35. The molecule has 0 unspecified atom stereocenters. The highest BCUT2D eigenvalue weighted by Crippen LogP contribution is 2.32. The van der Waals surface area contributed by atoms with Crippen LogP contribution in [0.4, 0.5) is 13.2 Å². The fourth-order valence-electron chi connectivity index (χ4n) is 1.30. The van der Waals surface area contributed by atoms with E-state index >= 15 is 0 Å². The van der Waals surface area contributed by atoms with E-state index in [4.69, 9.17) is 5.26 Å². The number of hydrogen-bond acceptors (Lipinski definition) is 5. The molecule has 19 heavy (non-hydrogen) atoms. The van der Waals surface area contributed by atoms with Crippen molar-refractivity contribution in [1.29, 1.82) is 5.26 Å². The maximum absolute atomic E-state index is 12.3. The number of carbonyl (C=O) groups is 2. The summed E-state index contributed by atoms with van der Waals surface area (Å²) in [5, 5.41) is 8.80. The van der Waals surface area contributed by atoms with Crippen molar-refractivity contribution in [3.8, 4) is 11.8 Å². The third kappa shape index (κ3) is 3.22. The first-order valence-corrected chi connectivity index (χ1v) is 4.70. The highest BCUT2D eigenvalue weighted by Gasteiger charge is 2.35. The molecule has 1 aromatic rings. The molecule has 0 bridgehead atoms. The van der Waals surface area contributed by atoms with Gasteiger partial charge in [-0.1, -0.05) is 0 Å². The summed E-state index contributed by atoms with van der Waals surface area (Å²) < 4.78 is 44.7. The SMILES string of the molecule is COC(=O)c1ccc(C=O)c(C#N)c1OC(F)(F)F. The van der Waals surface area contributed by atoms with Crippen LogP contribution in [0.15, 0.2) is 12.1 Å². The number of alkyl halides is 3. The molecule has 0 fully saturated rings. The Labute approximate surface area is 105 Å². The number of methoxy groups -OCH3 is 1. The lowest BCUT2D eigenvalue weighted by atomic mass is 10.0. The van der Waals surface area contributed by atoms with E-state index < -0.39 is 29.2 Å². The molecule has 8 heteroatoms. The normalized spacial score (nSPS) is 10.5. The maximum atomic E-state index is 12.3. The van der Waals surface area contributed by atoms with Crippen LogP contribution in [0.1, 0.15) is 26.3 Å². The van der Waals surface area contributed by atoms with Gasteiger partial charge < -0.3 is 9.47 Å². The van der Waals surface area contributed by atoms with E-state index in [9.17, 15) is 22.8 Å². The second-order valence-electron chi connectivity index (χ2n) is 3.18. The standard InChI is InChI=1S/C11H6F3NO4/c1-18-10(17)7-3-2-6(5-16)8(4-15)9(7)19-11(12,13)14/h2-3,5H,1H3. The Balaban J connectivity index is 3.54. The van der Waals surface area contributed by atoms with Crippen molar-refractivity contribution in [2.75, 3.05) is 7.11 Å². The molecule has 0 radical (unpaired) electrons. The summed E-state index contributed by atoms with van der Waals surface area (Å²) in [6.07, 6.45) is -4.93. The Morgan fingerprint density at radius 3 is 2.47 bits per heavy atom. The van der Waals surface area contributed by atoms with Crippen LogP contribution in [0.25, 0.3) is 0 Å². The summed E-state index contributed by atoms with van der Waals surface area (Å²) in [6, 6.07) is 3.34. The number of hydrogen-bond donors (Lipinski definition) is 0. The van der Waals surface area contributed by atoms with Crippen LogP contribution in [-0.4, -0.2) is 25.7 Å². The Bertz CT molecular complexity index is 560. The van der Waals surface area contributed by atoms with Crippen molar-refractivity contribution in [3.63, 3.8) is 0 Å². The summed E-state index contributed by atoms with van der Waals surface area (Å²) in [7, 11) is 0.958. The van der Waals surface area contributed by atoms with Gasteiger partial charge in [0.2, 0.25) is 0 Å². The number of nitriles is 1. The van der Waals surface area contributed by atoms with Gasteiger partial charge in [0.1, 0.15) is 17.2 Å². The minimum atomic E-state index is -5.12. The number of halogens is 3. The van der Waals surface area contributed by atoms with Crippen LogP contribution < -0.4 is 4.74 Å². The molecular weight excluding hydrogens is 267 g/mol. The number of rotatable bonds is 3. The van der Waals surface area contributed by atoms with Gasteiger partial charge in [-0.3, -0.25) is 4.79 Å². The van der Waals surface area contributed by atoms with Crippen molar-refractivity contribution in [3.05, 3.63) is 28.8 Å². The van der Waals surface area contributed by atoms with Crippen molar-refractivity contribution in [1.82, 2.24) is 0 Å². The van der Waals surface area contributed by atoms with Gasteiger partial charge in [-0.15, -0.1) is 13.2 Å². The van der Waals surface area contributed by atoms with E-state index in [0.717, 1.165) is 19.2 Å². The Morgan fingerprint density at radius 2 is 2.05 bits per heavy atom. The number of ether oxygens (including phenoxy) is 2. The first-order valence-electron chi connectivity index (χ1n) is 4.70. The zero-order chi connectivity index (χ0) is 14.6. The summed E-state index contributed by atoms with van der Waals surface area (Å²) in [6.45, 7) is 0. The molecule has 0 saturated carbocycles. The maximum Gasteiger partial charge on any atom is 0.573 e. The number of aldehydes is 1. The minimum Gasteiger partial charge on any atom is -0.465 e. The van der Waals surface area contributed by atoms with Crippen LogP contribution in [-0.2, 0) is 4.74 Å². The van der Waals surface area contributed by atoms with E-state index in [1.54, 1.807) is 0 Å². The van der Waals surface area contributed by atoms with Gasteiger partial charge >= 0.3 is 12.3 Å². The molecule has 100 valence electrons. The Morgan fingerprint density at radius 1 is 1.42 bits per heavy atom. The van der Waals surface area contributed by atoms with Crippen LogP contribution in [0.3, 0.4) is 0 Å². The quantitative estimate of drug-likeness (QED) is 0.622. The summed E-state index contributed by atoms with van der Waals surface area (Å²) in [5.74, 6) is -2.17. The molecule has 0 amide bonds. The number of nitrogens with zero attached hydrogens (tertiary/aromatic N) is 1. The lowest BCUT2D eigenvalue weighted by molar-refractivity contribution is -0.274. The molecule has 0 aliphatic rings. The van der Waals surface area contributed by atoms with Crippen molar-refractivity contribution in [2.45, 2.75) is 6.36 Å². The molecule has 0 spiro atoms. The third-order valence-corrected chi connectivity index (χ3v) is 2.05. The predicted octanol–water partition coefficient (Wildman–Crippen LogP) is 2.06. The number of benzene rings is 1. The molecule has 0 atom stereocenters. The van der Waals surface area contributed by atoms with E-state index in [2.05, 4.69) is 9.47 Å². The van der Waals surface area contributed by atoms with Gasteiger partial charge in [-0.2, -0.15) is 5.26 Å². The highest BCUT2D eigenvalue weighted by molar-refractivity contribution is 5.95. The zero-order valence-electron chi connectivity index (χ0n) is 9.45. The van der Waals surface area contributed by atoms with Gasteiger partial charge in [-0.05, 0) is 12.1 Å². The molecule has 1 rings (SSSR count). The Hall–Kier alpha value is -2.56. The lowest BCUT2D eigenvalue weighted by Gasteiger charge is -2.14. The first kappa shape index (κ1) is 14.5. The van der Waals surface area contributed by atoms with Crippen molar-refractivity contribution in [2.24, 2.45) is 0 Å². The van der Waals surface area contributed by atoms with E-state index in [-0.39, 0.29) is 11.8 Å². The van der Waals surface area contributed by atoms with Crippen LogP contribution in [0, 0.1) is 11.3 Å². The number of esters is 1. The fourth-order valence-corrected chi connectivity index (χ4v) is 1.30. The topological polar surface area (TPSA) is 76.4 Å². The highest BCUT2D eigenvalue weighted by atomic mass is 19.4. The third-order valence-electron chi connectivity index (χ3n) is 2.05. The summed E-state index contributed by atoms with van der Waals surface area (Å²) in [5.41, 5.74) is -1.60. The van der Waals surface area contributed by atoms with Gasteiger partial charge in [0.25, 0.3) is 0 Å². The van der Waals surface area contributed by atoms with E-state index in [1.807, 2.05) is 0 Å². The molecular formula is C11H6F3NO4. The molecule has 0 saturated heterocycles. The molecule has 0 heterocycles. The lowest BCUT2D eigenvalue weighted by Crippen LogP contribution is -2.20. The van der Waals surface area contributed by atoms with Crippen LogP contribution in [0.5, 0.6) is 5.75 Å². The van der Waals surface area contributed by atoms with Crippen LogP contribution in [0.2, 0.25) is 0 Å². The number of carbonyl (C=O) groups excluding carboxylic acids is 2. The van der Waals surface area contributed by atoms with Gasteiger partial charge in [0.05, 0.1) is 7.11 Å². The molecule has 0 aliphatic carbocycles. The molecule has 1 aromatic carbocycles. The summed E-state index contributed by atoms with van der Waals surface area (Å²) >= 11 is 0. The monoisotopic (exact) mass is 273 g/mol. The van der Waals surface area contributed by atoms with Crippen molar-refractivity contribution >= 4 is 12.3 Å². The zero-order valence-corrected chi connectivity index (χ0v) is 9.45. The molecule has 0 N–H and O–H groups in total. The predicted molar refractivity (Wildman–Crippen MR) is 54.6 cm³/mol. The first-order chi connectivity index (χ1) is 8.84. The van der Waals surface area contributed by atoms with Crippen molar-refractivity contribution < 1.29 is 32.2 Å². The van der Waals surface area contributed by atoms with E-state index in [1.165, 1.54) is 6.07 Å². The molecule has 0 aliphatic heterocycles. The minimum absolute atomic E-state index is 0.183. The molecule has 0 aromatic heterocycles. The van der Waals surface area contributed by atoms with Gasteiger partial charge in [0, 0.05) is 5.56 Å². The Kier molecular flexibility index (Phi) is 4.11. The average molecular weight is 273 g/mol. The second-order valence-corrected chi connectivity index (χ2v) is 3.18. The smallest absolute Gasteiger partial charge is 0.465 e. The van der Waals surface area contributed by atoms with Gasteiger partial charge in [0.15, 0.2) is 12.0 Å². The second kappa shape index (κ2) is 5.39. The fraction of sp³-hybridized carbons (Fsp3) is 0.182. The van der Waals surface area contributed by atoms with Gasteiger partial charge in [-0.25, -0.2) is 4.79 Å². The largest absolute Gasteiger partial charge is 0.573 e.